The molecule has 1 atom stereocenters. The van der Waals surface area contributed by atoms with Crippen LogP contribution in [0.25, 0.3) is 0 Å². The molecule has 0 aliphatic carbocycles. The Morgan fingerprint density at radius 2 is 2.29 bits per heavy atom. The van der Waals surface area contributed by atoms with E-state index in [1.54, 1.807) is 12.1 Å². The number of aliphatic hydroxyl groups is 1. The number of carbonyl (C=O) groups excluding carboxylic acids is 1. The molecule has 0 aliphatic heterocycles. The Balaban J connectivity index is 2.53. The van der Waals surface area contributed by atoms with E-state index in [1.807, 2.05) is 6.92 Å². The molecule has 0 aromatic carbocycles. The second-order valence-corrected chi connectivity index (χ2v) is 3.71. The number of anilines is 1. The lowest BCUT2D eigenvalue weighted by Crippen LogP contribution is -2.17. The first kappa shape index (κ1) is 13.4. The Labute approximate surface area is 100 Å². The molecule has 6 nitrogen and oxygen atoms in total. The number of carbonyl (C=O) groups is 1. The summed E-state index contributed by atoms with van der Waals surface area (Å²) in [6.07, 6.45) is 1.58. The summed E-state index contributed by atoms with van der Waals surface area (Å²) >= 11 is 0. The number of aliphatic hydroxyl groups excluding tert-OH is 1. The van der Waals surface area contributed by atoms with Gasteiger partial charge in [0.15, 0.2) is 5.69 Å². The van der Waals surface area contributed by atoms with Gasteiger partial charge in [-0.1, -0.05) is 0 Å². The van der Waals surface area contributed by atoms with Crippen LogP contribution in [0.4, 0.5) is 5.82 Å². The number of methoxy groups -OCH3 is 1. The molecule has 1 aromatic rings. The van der Waals surface area contributed by atoms with E-state index in [0.717, 1.165) is 12.8 Å². The van der Waals surface area contributed by atoms with Gasteiger partial charge in [-0.05, 0) is 31.9 Å². The Bertz CT molecular complexity index is 353. The van der Waals surface area contributed by atoms with Crippen LogP contribution in [0.15, 0.2) is 12.1 Å². The van der Waals surface area contributed by atoms with Gasteiger partial charge in [-0.25, -0.2) is 4.79 Å². The monoisotopic (exact) mass is 239 g/mol. The number of nitrogens with zero attached hydrogens (tertiary/aromatic N) is 2. The fourth-order valence-electron chi connectivity index (χ4n) is 1.34. The average molecular weight is 239 g/mol. The molecule has 17 heavy (non-hydrogen) atoms. The normalized spacial score (nSPS) is 11.9. The van der Waals surface area contributed by atoms with Crippen LogP contribution in [0, 0.1) is 0 Å². The van der Waals surface area contributed by atoms with Crippen molar-refractivity contribution in [1.82, 2.24) is 10.2 Å². The van der Waals surface area contributed by atoms with Crippen molar-refractivity contribution in [3.8, 4) is 0 Å². The van der Waals surface area contributed by atoms with Crippen molar-refractivity contribution in [2.45, 2.75) is 25.8 Å². The Kier molecular flexibility index (Phi) is 5.35. The Morgan fingerprint density at radius 3 is 2.82 bits per heavy atom. The number of ether oxygens (including phenoxy) is 1. The lowest BCUT2D eigenvalue weighted by molar-refractivity contribution is 0.0593. The highest BCUT2D eigenvalue weighted by Crippen LogP contribution is 2.07. The van der Waals surface area contributed by atoms with Gasteiger partial charge >= 0.3 is 5.97 Å². The molecule has 0 saturated heterocycles. The zero-order valence-corrected chi connectivity index (χ0v) is 10.0. The summed E-state index contributed by atoms with van der Waals surface area (Å²) in [6, 6.07) is 3.43. The van der Waals surface area contributed by atoms with Crippen LogP contribution in [-0.2, 0) is 4.74 Å². The van der Waals surface area contributed by atoms with Crippen molar-refractivity contribution in [3.05, 3.63) is 17.8 Å². The minimum absolute atomic E-state index is 0.180. The van der Waals surface area contributed by atoms with Gasteiger partial charge in [0.05, 0.1) is 7.11 Å². The van der Waals surface area contributed by atoms with Crippen LogP contribution < -0.4 is 5.32 Å². The van der Waals surface area contributed by atoms with E-state index in [2.05, 4.69) is 20.3 Å². The molecule has 0 bridgehead atoms. The molecule has 0 saturated carbocycles. The first-order chi connectivity index (χ1) is 8.17. The van der Waals surface area contributed by atoms with Crippen LogP contribution in [0.3, 0.4) is 0 Å². The third-order valence-corrected chi connectivity index (χ3v) is 2.25. The number of aromatic nitrogens is 2. The molecule has 0 fully saturated rings. The van der Waals surface area contributed by atoms with Crippen LogP contribution in [0.1, 0.15) is 30.3 Å². The van der Waals surface area contributed by atoms with Crippen molar-refractivity contribution in [1.29, 1.82) is 0 Å². The predicted molar refractivity (Wildman–Crippen MR) is 62.8 cm³/mol. The topological polar surface area (TPSA) is 84.3 Å². The summed E-state index contributed by atoms with van der Waals surface area (Å²) in [5, 5.41) is 19.4. The van der Waals surface area contributed by atoms with E-state index in [0.29, 0.717) is 5.82 Å². The largest absolute Gasteiger partial charge is 0.464 e. The first-order valence-corrected chi connectivity index (χ1v) is 5.46. The zero-order valence-electron chi connectivity index (χ0n) is 10.0. The highest BCUT2D eigenvalue weighted by atomic mass is 16.5. The van der Waals surface area contributed by atoms with Gasteiger partial charge < -0.3 is 15.2 Å². The molecular formula is C11H17N3O3. The third-order valence-electron chi connectivity index (χ3n) is 2.25. The predicted octanol–water partition coefficient (Wildman–Crippen LogP) is 0.836. The maximum absolute atomic E-state index is 11.1. The van der Waals surface area contributed by atoms with Crippen LogP contribution in [0.2, 0.25) is 0 Å². The molecule has 1 rings (SSSR count). The van der Waals surface area contributed by atoms with E-state index < -0.39 is 5.97 Å². The van der Waals surface area contributed by atoms with Crippen molar-refractivity contribution in [3.63, 3.8) is 0 Å². The lowest BCUT2D eigenvalue weighted by atomic mass is 10.2. The van der Waals surface area contributed by atoms with Crippen molar-refractivity contribution in [2.75, 3.05) is 19.0 Å². The molecule has 1 heterocycles. The lowest BCUT2D eigenvalue weighted by Gasteiger charge is -2.13. The van der Waals surface area contributed by atoms with Crippen molar-refractivity contribution >= 4 is 11.8 Å². The van der Waals surface area contributed by atoms with Gasteiger partial charge in [-0.2, -0.15) is 0 Å². The molecule has 0 amide bonds. The maximum Gasteiger partial charge on any atom is 0.358 e. The summed E-state index contributed by atoms with van der Waals surface area (Å²) < 4.78 is 4.52. The first-order valence-electron chi connectivity index (χ1n) is 5.46. The second-order valence-electron chi connectivity index (χ2n) is 3.71. The van der Waals surface area contributed by atoms with E-state index in [1.165, 1.54) is 7.11 Å². The van der Waals surface area contributed by atoms with Crippen LogP contribution in [0.5, 0.6) is 0 Å². The SMILES string of the molecule is COC(=O)c1ccc(NC(C)CCCO)nn1. The fraction of sp³-hybridized carbons (Fsp3) is 0.545. The standard InChI is InChI=1S/C11H17N3O3/c1-8(4-3-7-15)12-10-6-5-9(13-14-10)11(16)17-2/h5-6,8,15H,3-4,7H2,1-2H3,(H,12,14). The number of hydrogen-bond acceptors (Lipinski definition) is 6. The summed E-state index contributed by atoms with van der Waals surface area (Å²) in [5.41, 5.74) is 0.182. The van der Waals surface area contributed by atoms with Gasteiger partial charge in [-0.15, -0.1) is 10.2 Å². The van der Waals surface area contributed by atoms with E-state index in [4.69, 9.17) is 5.11 Å². The Morgan fingerprint density at radius 1 is 1.53 bits per heavy atom. The van der Waals surface area contributed by atoms with Gasteiger partial charge in [0.1, 0.15) is 5.82 Å². The average Bonchev–Trinajstić information content (AvgIpc) is 2.36. The summed E-state index contributed by atoms with van der Waals surface area (Å²) in [4.78, 5) is 11.1. The molecule has 94 valence electrons. The molecule has 6 heteroatoms. The number of rotatable bonds is 6. The molecule has 0 radical (unpaired) electrons. The molecule has 0 spiro atoms. The number of nitrogens with one attached hydrogen (secondary N) is 1. The number of esters is 1. The maximum atomic E-state index is 11.1. The second kappa shape index (κ2) is 6.80. The highest BCUT2D eigenvalue weighted by molar-refractivity contribution is 5.86. The van der Waals surface area contributed by atoms with Crippen LogP contribution in [-0.4, -0.2) is 41.0 Å². The third kappa shape index (κ3) is 4.36. The van der Waals surface area contributed by atoms with Gasteiger partial charge in [0.2, 0.25) is 0 Å². The van der Waals surface area contributed by atoms with E-state index in [9.17, 15) is 4.79 Å². The zero-order chi connectivity index (χ0) is 12.7. The minimum Gasteiger partial charge on any atom is -0.464 e. The molecule has 1 aromatic heterocycles. The smallest absolute Gasteiger partial charge is 0.358 e. The van der Waals surface area contributed by atoms with Crippen molar-refractivity contribution in [2.24, 2.45) is 0 Å². The minimum atomic E-state index is -0.502. The summed E-state index contributed by atoms with van der Waals surface area (Å²) in [6.45, 7) is 2.17. The summed E-state index contributed by atoms with van der Waals surface area (Å²) in [7, 11) is 1.30. The van der Waals surface area contributed by atoms with E-state index >= 15 is 0 Å². The number of hydrogen-bond donors (Lipinski definition) is 2. The van der Waals surface area contributed by atoms with Gasteiger partial charge in [0, 0.05) is 12.6 Å². The Hall–Kier alpha value is -1.69. The molecule has 0 aliphatic rings. The summed E-state index contributed by atoms with van der Waals surface area (Å²) in [5.74, 6) is 0.0977. The van der Waals surface area contributed by atoms with Crippen molar-refractivity contribution < 1.29 is 14.6 Å². The molecular weight excluding hydrogens is 222 g/mol. The molecule has 2 N–H and O–H groups in total. The van der Waals surface area contributed by atoms with Crippen LogP contribution >= 0.6 is 0 Å². The quantitative estimate of drug-likeness (QED) is 0.715. The fourth-order valence-corrected chi connectivity index (χ4v) is 1.34. The van der Waals surface area contributed by atoms with E-state index in [-0.39, 0.29) is 18.3 Å². The molecule has 1 unspecified atom stereocenters. The van der Waals surface area contributed by atoms with Gasteiger partial charge in [0.25, 0.3) is 0 Å². The highest BCUT2D eigenvalue weighted by Gasteiger charge is 2.08. The van der Waals surface area contributed by atoms with Gasteiger partial charge in [-0.3, -0.25) is 0 Å².